The van der Waals surface area contributed by atoms with Gasteiger partial charge < -0.3 is 10.2 Å². The summed E-state index contributed by atoms with van der Waals surface area (Å²) in [4.78, 5) is 14.8. The Balaban J connectivity index is 1.79. The molecule has 0 radical (unpaired) electrons. The van der Waals surface area contributed by atoms with Gasteiger partial charge in [-0.25, -0.2) is 8.42 Å². The quantitative estimate of drug-likeness (QED) is 0.757. The number of amides is 1. The third-order valence-electron chi connectivity index (χ3n) is 5.26. The maximum atomic E-state index is 13.2. The van der Waals surface area contributed by atoms with E-state index in [-0.39, 0.29) is 16.8 Å². The predicted octanol–water partition coefficient (Wildman–Crippen LogP) is 3.61. The standard InChI is InChI=1S/C22H28ClN3O3S/c1-15(2)24-22(27)20-14-19(8-6-16(20)3)30(28,29)26-11-9-25(10-12-26)21-13-18(23)7-5-17(21)4/h5-8,13-15H,9-12H2,1-4H3,(H,24,27). The number of sulfonamides is 1. The summed E-state index contributed by atoms with van der Waals surface area (Å²) in [7, 11) is -3.69. The Hall–Kier alpha value is -2.09. The first-order valence-corrected chi connectivity index (χ1v) is 11.8. The van der Waals surface area contributed by atoms with Crippen molar-refractivity contribution in [1.82, 2.24) is 9.62 Å². The van der Waals surface area contributed by atoms with Gasteiger partial charge in [-0.3, -0.25) is 4.79 Å². The minimum absolute atomic E-state index is 0.0276. The Morgan fingerprint density at radius 1 is 1.00 bits per heavy atom. The fourth-order valence-electron chi connectivity index (χ4n) is 3.59. The van der Waals surface area contributed by atoms with Crippen LogP contribution in [-0.2, 0) is 10.0 Å². The lowest BCUT2D eigenvalue weighted by Gasteiger charge is -2.36. The molecular formula is C22H28ClN3O3S. The van der Waals surface area contributed by atoms with Crippen LogP contribution < -0.4 is 10.2 Å². The molecule has 0 aromatic heterocycles. The number of carbonyl (C=O) groups is 1. The van der Waals surface area contributed by atoms with Crippen LogP contribution in [-0.4, -0.2) is 50.9 Å². The van der Waals surface area contributed by atoms with Gasteiger partial charge in [0.15, 0.2) is 0 Å². The SMILES string of the molecule is Cc1ccc(S(=O)(=O)N2CCN(c3cc(Cl)ccc3C)CC2)cc1C(=O)NC(C)C. The van der Waals surface area contributed by atoms with Gasteiger partial charge >= 0.3 is 0 Å². The van der Waals surface area contributed by atoms with Crippen LogP contribution in [0.4, 0.5) is 5.69 Å². The zero-order valence-electron chi connectivity index (χ0n) is 17.8. The molecule has 0 bridgehead atoms. The van der Waals surface area contributed by atoms with Crippen molar-refractivity contribution in [2.45, 2.75) is 38.6 Å². The molecule has 0 spiro atoms. The van der Waals surface area contributed by atoms with E-state index >= 15 is 0 Å². The molecule has 2 aromatic carbocycles. The summed E-state index contributed by atoms with van der Waals surface area (Å²) in [6, 6.07) is 10.5. The summed E-state index contributed by atoms with van der Waals surface area (Å²) in [5, 5.41) is 3.49. The third-order valence-corrected chi connectivity index (χ3v) is 7.39. The number of benzene rings is 2. The van der Waals surface area contributed by atoms with Crippen LogP contribution in [0.5, 0.6) is 0 Å². The highest BCUT2D eigenvalue weighted by molar-refractivity contribution is 7.89. The van der Waals surface area contributed by atoms with Crippen molar-refractivity contribution in [2.75, 3.05) is 31.1 Å². The molecule has 1 fully saturated rings. The topological polar surface area (TPSA) is 69.7 Å². The van der Waals surface area contributed by atoms with Crippen molar-refractivity contribution in [2.24, 2.45) is 0 Å². The average Bonchev–Trinajstić information content (AvgIpc) is 2.69. The van der Waals surface area contributed by atoms with Gasteiger partial charge in [0.1, 0.15) is 0 Å². The molecule has 1 N–H and O–H groups in total. The molecule has 0 unspecified atom stereocenters. The Labute approximate surface area is 183 Å². The second-order valence-corrected chi connectivity index (χ2v) is 10.3. The Kier molecular flexibility index (Phi) is 6.75. The first-order chi connectivity index (χ1) is 14.1. The maximum absolute atomic E-state index is 13.2. The fraction of sp³-hybridized carbons (Fsp3) is 0.409. The Morgan fingerprint density at radius 2 is 1.63 bits per heavy atom. The van der Waals surface area contributed by atoms with E-state index in [1.54, 1.807) is 19.1 Å². The average molecular weight is 450 g/mol. The van der Waals surface area contributed by atoms with Crippen LogP contribution in [0.3, 0.4) is 0 Å². The van der Waals surface area contributed by atoms with Crippen molar-refractivity contribution < 1.29 is 13.2 Å². The van der Waals surface area contributed by atoms with Crippen molar-refractivity contribution in [3.05, 3.63) is 58.1 Å². The van der Waals surface area contributed by atoms with Crippen molar-refractivity contribution in [1.29, 1.82) is 0 Å². The largest absolute Gasteiger partial charge is 0.369 e. The summed E-state index contributed by atoms with van der Waals surface area (Å²) >= 11 is 6.14. The molecule has 2 aromatic rings. The molecule has 30 heavy (non-hydrogen) atoms. The highest BCUT2D eigenvalue weighted by atomic mass is 35.5. The van der Waals surface area contributed by atoms with E-state index in [2.05, 4.69) is 10.2 Å². The fourth-order valence-corrected chi connectivity index (χ4v) is 5.20. The number of hydrogen-bond donors (Lipinski definition) is 1. The van der Waals surface area contributed by atoms with E-state index in [4.69, 9.17) is 11.6 Å². The van der Waals surface area contributed by atoms with Crippen LogP contribution in [0, 0.1) is 13.8 Å². The van der Waals surface area contributed by atoms with E-state index in [0.29, 0.717) is 36.8 Å². The van der Waals surface area contributed by atoms with Gasteiger partial charge in [0, 0.05) is 48.5 Å². The van der Waals surface area contributed by atoms with Crippen LogP contribution in [0.25, 0.3) is 0 Å². The van der Waals surface area contributed by atoms with E-state index in [1.165, 1.54) is 10.4 Å². The van der Waals surface area contributed by atoms with Crippen LogP contribution in [0.1, 0.15) is 35.3 Å². The lowest BCUT2D eigenvalue weighted by atomic mass is 10.1. The first-order valence-electron chi connectivity index (χ1n) is 10.0. The maximum Gasteiger partial charge on any atom is 0.251 e. The number of hydrogen-bond acceptors (Lipinski definition) is 4. The van der Waals surface area contributed by atoms with Crippen molar-refractivity contribution >= 4 is 33.2 Å². The predicted molar refractivity (Wildman–Crippen MR) is 121 cm³/mol. The number of aryl methyl sites for hydroxylation is 2. The van der Waals surface area contributed by atoms with E-state index in [1.807, 2.05) is 39.0 Å². The number of halogens is 1. The molecule has 1 heterocycles. The Bertz CT molecular complexity index is 1050. The molecule has 0 aliphatic carbocycles. The van der Waals surface area contributed by atoms with Gasteiger partial charge in [0.25, 0.3) is 5.91 Å². The molecule has 1 saturated heterocycles. The number of anilines is 1. The van der Waals surface area contributed by atoms with Gasteiger partial charge in [-0.05, 0) is 63.1 Å². The molecule has 8 heteroatoms. The zero-order chi connectivity index (χ0) is 22.1. The van der Waals surface area contributed by atoms with E-state index in [9.17, 15) is 13.2 Å². The van der Waals surface area contributed by atoms with Crippen LogP contribution in [0.2, 0.25) is 5.02 Å². The van der Waals surface area contributed by atoms with Gasteiger partial charge in [0.05, 0.1) is 4.90 Å². The minimum Gasteiger partial charge on any atom is -0.369 e. The van der Waals surface area contributed by atoms with Crippen LogP contribution in [0.15, 0.2) is 41.3 Å². The lowest BCUT2D eigenvalue weighted by molar-refractivity contribution is 0.0942. The number of nitrogens with one attached hydrogen (secondary N) is 1. The number of nitrogens with zero attached hydrogens (tertiary/aromatic N) is 2. The second kappa shape index (κ2) is 8.96. The highest BCUT2D eigenvalue weighted by Crippen LogP contribution is 2.27. The summed E-state index contributed by atoms with van der Waals surface area (Å²) in [6.07, 6.45) is 0. The highest BCUT2D eigenvalue weighted by Gasteiger charge is 2.30. The molecule has 1 aliphatic heterocycles. The van der Waals surface area contributed by atoms with E-state index < -0.39 is 10.0 Å². The van der Waals surface area contributed by atoms with Crippen molar-refractivity contribution in [3.8, 4) is 0 Å². The molecule has 1 aliphatic rings. The third kappa shape index (κ3) is 4.79. The minimum atomic E-state index is -3.69. The van der Waals surface area contributed by atoms with Gasteiger partial charge in [-0.15, -0.1) is 0 Å². The summed E-state index contributed by atoms with van der Waals surface area (Å²) in [5.41, 5.74) is 3.27. The molecule has 1 amide bonds. The number of rotatable bonds is 5. The monoisotopic (exact) mass is 449 g/mol. The van der Waals surface area contributed by atoms with Gasteiger partial charge in [-0.2, -0.15) is 4.31 Å². The van der Waals surface area contributed by atoms with E-state index in [0.717, 1.165) is 16.8 Å². The molecule has 3 rings (SSSR count). The second-order valence-electron chi connectivity index (χ2n) is 7.93. The normalized spacial score (nSPS) is 15.5. The smallest absolute Gasteiger partial charge is 0.251 e. The van der Waals surface area contributed by atoms with Crippen molar-refractivity contribution in [3.63, 3.8) is 0 Å². The van der Waals surface area contributed by atoms with Gasteiger partial charge in [0.2, 0.25) is 10.0 Å². The van der Waals surface area contributed by atoms with Crippen LogP contribution >= 0.6 is 11.6 Å². The molecule has 0 saturated carbocycles. The number of piperazine rings is 1. The lowest BCUT2D eigenvalue weighted by Crippen LogP contribution is -2.48. The molecule has 0 atom stereocenters. The first kappa shape index (κ1) is 22.6. The van der Waals surface area contributed by atoms with Gasteiger partial charge in [-0.1, -0.05) is 23.7 Å². The molecule has 162 valence electrons. The number of carbonyl (C=O) groups excluding carboxylic acids is 1. The molecule has 6 nitrogen and oxygen atoms in total. The summed E-state index contributed by atoms with van der Waals surface area (Å²) in [6.45, 7) is 9.46. The Morgan fingerprint density at radius 3 is 2.27 bits per heavy atom. The molecular weight excluding hydrogens is 422 g/mol. The summed E-state index contributed by atoms with van der Waals surface area (Å²) < 4.78 is 27.9. The summed E-state index contributed by atoms with van der Waals surface area (Å²) in [5.74, 6) is -0.263. The zero-order valence-corrected chi connectivity index (χ0v) is 19.3.